The van der Waals surface area contributed by atoms with Gasteiger partial charge in [0.15, 0.2) is 5.96 Å². The number of hydrogen-bond donors (Lipinski definition) is 2. The van der Waals surface area contributed by atoms with Gasteiger partial charge in [-0.15, -0.1) is 37.1 Å². The molecule has 1 aliphatic rings. The summed E-state index contributed by atoms with van der Waals surface area (Å²) in [5, 5.41) is 6.50. The van der Waals surface area contributed by atoms with E-state index in [1.807, 2.05) is 0 Å². The van der Waals surface area contributed by atoms with Crippen LogP contribution in [-0.2, 0) is 6.42 Å². The van der Waals surface area contributed by atoms with Crippen LogP contribution >= 0.6 is 24.0 Å². The van der Waals surface area contributed by atoms with Crippen molar-refractivity contribution in [1.29, 1.82) is 0 Å². The molecule has 1 aromatic rings. The summed E-state index contributed by atoms with van der Waals surface area (Å²) >= 11 is 0. The molecule has 1 aliphatic carbocycles. The second kappa shape index (κ2) is 8.60. The van der Waals surface area contributed by atoms with E-state index in [9.17, 15) is 13.2 Å². The lowest BCUT2D eigenvalue weighted by Crippen LogP contribution is -2.39. The Morgan fingerprint density at radius 2 is 1.91 bits per heavy atom. The molecule has 130 valence electrons. The van der Waals surface area contributed by atoms with Gasteiger partial charge in [0.05, 0.1) is 0 Å². The predicted molar refractivity (Wildman–Crippen MR) is 94.3 cm³/mol. The van der Waals surface area contributed by atoms with E-state index in [0.29, 0.717) is 24.9 Å². The van der Waals surface area contributed by atoms with Gasteiger partial charge >= 0.3 is 6.36 Å². The van der Waals surface area contributed by atoms with Crippen molar-refractivity contribution in [3.63, 3.8) is 0 Å². The Hall–Kier alpha value is -1.19. The molecule has 1 aromatic carbocycles. The molecule has 23 heavy (non-hydrogen) atoms. The third-order valence-corrected chi connectivity index (χ3v) is 3.52. The Balaban J connectivity index is 0.00000264. The van der Waals surface area contributed by atoms with Crippen LogP contribution < -0.4 is 15.4 Å². The van der Waals surface area contributed by atoms with E-state index < -0.39 is 6.36 Å². The van der Waals surface area contributed by atoms with Gasteiger partial charge in [-0.3, -0.25) is 4.99 Å². The van der Waals surface area contributed by atoms with E-state index in [1.165, 1.54) is 12.1 Å². The number of ether oxygens (including phenoxy) is 1. The predicted octanol–water partition coefficient (Wildman–Crippen LogP) is 3.32. The first-order valence-electron chi connectivity index (χ1n) is 7.19. The molecule has 2 atom stereocenters. The summed E-state index contributed by atoms with van der Waals surface area (Å²) in [5.74, 6) is 1.23. The summed E-state index contributed by atoms with van der Waals surface area (Å²) in [6.07, 6.45) is -2.81. The number of nitrogens with zero attached hydrogens (tertiary/aromatic N) is 1. The molecule has 0 radical (unpaired) electrons. The molecule has 4 nitrogen and oxygen atoms in total. The van der Waals surface area contributed by atoms with Gasteiger partial charge in [-0.2, -0.15) is 0 Å². The van der Waals surface area contributed by atoms with Crippen LogP contribution in [-0.4, -0.2) is 32.0 Å². The number of alkyl halides is 3. The highest BCUT2D eigenvalue weighted by atomic mass is 127. The topological polar surface area (TPSA) is 45.7 Å². The highest BCUT2D eigenvalue weighted by Gasteiger charge is 2.33. The molecule has 1 saturated carbocycles. The van der Waals surface area contributed by atoms with Crippen molar-refractivity contribution in [3.05, 3.63) is 29.8 Å². The lowest BCUT2D eigenvalue weighted by molar-refractivity contribution is -0.274. The molecule has 0 saturated heterocycles. The Morgan fingerprint density at radius 1 is 1.30 bits per heavy atom. The standard InChI is InChI=1S/C15H20F3N3O.HI/c1-10-9-13(10)21-14(19-2)20-8-7-11-3-5-12(6-4-11)22-15(16,17)18;/h3-6,10,13H,7-9H2,1-2H3,(H2,19,20,21);1H. The quantitative estimate of drug-likeness (QED) is 0.417. The van der Waals surface area contributed by atoms with Gasteiger partial charge < -0.3 is 15.4 Å². The van der Waals surface area contributed by atoms with E-state index in [0.717, 1.165) is 17.9 Å². The second-order valence-corrected chi connectivity index (χ2v) is 5.40. The molecule has 2 N–H and O–H groups in total. The Bertz CT molecular complexity index is 520. The Morgan fingerprint density at radius 3 is 2.39 bits per heavy atom. The number of halogens is 4. The van der Waals surface area contributed by atoms with Crippen LogP contribution in [0.5, 0.6) is 5.75 Å². The zero-order valence-corrected chi connectivity index (χ0v) is 15.3. The Labute approximate surface area is 150 Å². The molecule has 0 aromatic heterocycles. The maximum Gasteiger partial charge on any atom is 0.573 e. The van der Waals surface area contributed by atoms with Crippen LogP contribution in [0.4, 0.5) is 13.2 Å². The van der Waals surface area contributed by atoms with Crippen molar-refractivity contribution < 1.29 is 17.9 Å². The largest absolute Gasteiger partial charge is 0.573 e. The monoisotopic (exact) mass is 443 g/mol. The van der Waals surface area contributed by atoms with Crippen molar-refractivity contribution in [3.8, 4) is 5.75 Å². The first-order chi connectivity index (χ1) is 10.4. The second-order valence-electron chi connectivity index (χ2n) is 5.40. The first kappa shape index (κ1) is 19.9. The SMILES string of the molecule is CN=C(NCCc1ccc(OC(F)(F)F)cc1)NC1CC1C.I. The van der Waals surface area contributed by atoms with Crippen molar-refractivity contribution >= 4 is 29.9 Å². The zero-order valence-electron chi connectivity index (χ0n) is 13.0. The van der Waals surface area contributed by atoms with Gasteiger partial charge in [-0.25, -0.2) is 0 Å². The number of benzene rings is 1. The van der Waals surface area contributed by atoms with E-state index >= 15 is 0 Å². The highest BCUT2D eigenvalue weighted by Crippen LogP contribution is 2.28. The van der Waals surface area contributed by atoms with Crippen LogP contribution in [0.15, 0.2) is 29.3 Å². The fourth-order valence-corrected chi connectivity index (χ4v) is 2.08. The first-order valence-corrected chi connectivity index (χ1v) is 7.19. The van der Waals surface area contributed by atoms with Gasteiger partial charge in [0.1, 0.15) is 5.75 Å². The van der Waals surface area contributed by atoms with E-state index in [-0.39, 0.29) is 29.7 Å². The molecular weight excluding hydrogens is 422 g/mol. The van der Waals surface area contributed by atoms with Crippen molar-refractivity contribution in [2.45, 2.75) is 32.2 Å². The number of aliphatic imine (C=N–C) groups is 1. The molecule has 2 rings (SSSR count). The minimum absolute atomic E-state index is 0. The van der Waals surface area contributed by atoms with Gasteiger partial charge in [0.2, 0.25) is 0 Å². The average Bonchev–Trinajstić information content (AvgIpc) is 3.13. The zero-order chi connectivity index (χ0) is 16.2. The van der Waals surface area contributed by atoms with Gasteiger partial charge in [0.25, 0.3) is 0 Å². The van der Waals surface area contributed by atoms with Gasteiger partial charge in [-0.05, 0) is 36.5 Å². The maximum absolute atomic E-state index is 12.1. The molecule has 8 heteroatoms. The van der Waals surface area contributed by atoms with Crippen LogP contribution in [0, 0.1) is 5.92 Å². The van der Waals surface area contributed by atoms with Crippen LogP contribution in [0.1, 0.15) is 18.9 Å². The van der Waals surface area contributed by atoms with E-state index in [2.05, 4.69) is 27.3 Å². The summed E-state index contributed by atoms with van der Waals surface area (Å²) in [6.45, 7) is 2.83. The third-order valence-electron chi connectivity index (χ3n) is 3.52. The third kappa shape index (κ3) is 7.28. The van der Waals surface area contributed by atoms with Crippen molar-refractivity contribution in [1.82, 2.24) is 10.6 Å². The number of nitrogens with one attached hydrogen (secondary N) is 2. The maximum atomic E-state index is 12.1. The summed E-state index contributed by atoms with van der Waals surface area (Å²) in [7, 11) is 1.71. The average molecular weight is 443 g/mol. The van der Waals surface area contributed by atoms with Gasteiger partial charge in [-0.1, -0.05) is 19.1 Å². The van der Waals surface area contributed by atoms with Crippen LogP contribution in [0.25, 0.3) is 0 Å². The number of rotatable bonds is 5. The lowest BCUT2D eigenvalue weighted by atomic mass is 10.1. The molecule has 1 fully saturated rings. The van der Waals surface area contributed by atoms with Crippen LogP contribution in [0.3, 0.4) is 0 Å². The number of hydrogen-bond acceptors (Lipinski definition) is 2. The molecular formula is C15H21F3IN3O. The summed E-state index contributed by atoms with van der Waals surface area (Å²) in [4.78, 5) is 4.14. The molecule has 2 unspecified atom stereocenters. The molecule has 0 heterocycles. The van der Waals surface area contributed by atoms with E-state index in [4.69, 9.17) is 0 Å². The van der Waals surface area contributed by atoms with Crippen molar-refractivity contribution in [2.24, 2.45) is 10.9 Å². The van der Waals surface area contributed by atoms with Crippen molar-refractivity contribution in [2.75, 3.05) is 13.6 Å². The lowest BCUT2D eigenvalue weighted by Gasteiger charge is -2.12. The normalized spacial score (nSPS) is 20.5. The molecule has 0 aliphatic heterocycles. The van der Waals surface area contributed by atoms with E-state index in [1.54, 1.807) is 19.2 Å². The molecule has 0 bridgehead atoms. The number of guanidine groups is 1. The Kier molecular flexibility index (Phi) is 7.43. The molecule has 0 amide bonds. The van der Waals surface area contributed by atoms with Gasteiger partial charge in [0, 0.05) is 19.6 Å². The highest BCUT2D eigenvalue weighted by molar-refractivity contribution is 14.0. The fourth-order valence-electron chi connectivity index (χ4n) is 2.08. The minimum Gasteiger partial charge on any atom is -0.406 e. The van der Waals surface area contributed by atoms with Crippen LogP contribution in [0.2, 0.25) is 0 Å². The fraction of sp³-hybridized carbons (Fsp3) is 0.533. The minimum atomic E-state index is -4.65. The summed E-state index contributed by atoms with van der Waals surface area (Å²) in [6, 6.07) is 6.39. The summed E-state index contributed by atoms with van der Waals surface area (Å²) in [5.41, 5.74) is 0.928. The smallest absolute Gasteiger partial charge is 0.406 e. The summed E-state index contributed by atoms with van der Waals surface area (Å²) < 4.78 is 40.0. The molecule has 0 spiro atoms.